The van der Waals surface area contributed by atoms with Gasteiger partial charge < -0.3 is 34.2 Å². The molecule has 18 heteroatoms. The lowest BCUT2D eigenvalue weighted by Gasteiger charge is -2.21. The largest absolute Gasteiger partial charge is 0.472 e. The number of allylic oxidation sites excluding steroid dienone is 28. The first-order valence-corrected chi connectivity index (χ1v) is 48.4. The molecule has 0 aliphatic rings. The Labute approximate surface area is 701 Å². The molecule has 5 atom stereocenters. The smallest absolute Gasteiger partial charge is 0.463 e. The van der Waals surface area contributed by atoms with Crippen molar-refractivity contribution in [3.05, 3.63) is 170 Å². The Bertz CT molecular complexity index is 2770. The summed E-state index contributed by atoms with van der Waals surface area (Å²) in [4.78, 5) is 59.0. The number of carbonyl (C=O) groups is 3. The van der Waals surface area contributed by atoms with Crippen molar-refractivity contribution < 1.29 is 75.8 Å². The summed E-state index contributed by atoms with van der Waals surface area (Å²) >= 11 is 0. The van der Waals surface area contributed by atoms with Crippen LogP contribution in [0.1, 0.15) is 367 Å². The number of hydrogen-bond acceptors (Lipinski definition) is 14. The fraction of sp³-hybridized carbons (Fsp3) is 0.680. The van der Waals surface area contributed by atoms with Crippen molar-refractivity contribution in [1.82, 2.24) is 0 Å². The number of hydrogen-bond donors (Lipinski definition) is 4. The predicted octanol–water partition coefficient (Wildman–Crippen LogP) is 27.9. The van der Waals surface area contributed by atoms with Gasteiger partial charge in [0.05, 0.1) is 26.4 Å². The molecule has 658 valence electrons. The van der Waals surface area contributed by atoms with Crippen molar-refractivity contribution in [2.24, 2.45) is 0 Å². The Balaban J connectivity index is 4.56. The van der Waals surface area contributed by atoms with Gasteiger partial charge in [0.1, 0.15) is 25.4 Å². The fourth-order valence-corrected chi connectivity index (χ4v) is 13.7. The Morgan fingerprint density at radius 3 is 0.687 bits per heavy atom. The molecule has 0 saturated carbocycles. The second-order valence-electron chi connectivity index (χ2n) is 30.0. The third-order valence-corrected chi connectivity index (χ3v) is 20.8. The SMILES string of the molecule is CC/C=C\C/C=C\C/C=C\C/C=C\C/C=C\CCCCCCCCCCCCCCCCCC(=O)OCC(O)COP(=O)(O)OCC(O)COP(=O)(O)OCC(COC(=O)CCCCCCCCCCCCCCC/C=C\C/C=C\C/C=C\C/C=C\C/C=C\CC)OC(=O)CCCCCCCC/C=C\C/C=C\C/C=C\C/C=C\CC. The highest BCUT2D eigenvalue weighted by atomic mass is 31.2. The molecule has 0 bridgehead atoms. The van der Waals surface area contributed by atoms with Crippen molar-refractivity contribution in [2.75, 3.05) is 39.6 Å². The van der Waals surface area contributed by atoms with Gasteiger partial charge in [0.15, 0.2) is 6.10 Å². The molecule has 0 saturated heterocycles. The summed E-state index contributed by atoms with van der Waals surface area (Å²) < 4.78 is 61.4. The average Bonchev–Trinajstić information content (AvgIpc) is 0.896. The number of phosphoric acid groups is 2. The number of ether oxygens (including phenoxy) is 3. The van der Waals surface area contributed by atoms with Crippen molar-refractivity contribution in [2.45, 2.75) is 386 Å². The quantitative estimate of drug-likeness (QED) is 0.0146. The molecule has 4 N–H and O–H groups in total. The number of rotatable bonds is 85. The molecule has 115 heavy (non-hydrogen) atoms. The first kappa shape index (κ1) is 110. The Morgan fingerprint density at radius 1 is 0.243 bits per heavy atom. The number of esters is 3. The Morgan fingerprint density at radius 2 is 0.435 bits per heavy atom. The zero-order valence-electron chi connectivity index (χ0n) is 72.4. The molecule has 0 fully saturated rings. The summed E-state index contributed by atoms with van der Waals surface area (Å²) in [5, 5.41) is 20.7. The number of aliphatic hydroxyl groups is 2. The van der Waals surface area contributed by atoms with E-state index in [1.54, 1.807) is 0 Å². The molecule has 0 aromatic carbocycles. The molecule has 5 unspecified atom stereocenters. The van der Waals surface area contributed by atoms with E-state index >= 15 is 0 Å². The van der Waals surface area contributed by atoms with Crippen LogP contribution in [-0.2, 0) is 55.8 Å². The van der Waals surface area contributed by atoms with Crippen LogP contribution in [0.3, 0.4) is 0 Å². The van der Waals surface area contributed by atoms with Crippen LogP contribution in [0.5, 0.6) is 0 Å². The van der Waals surface area contributed by atoms with Crippen LogP contribution in [0.2, 0.25) is 0 Å². The highest BCUT2D eigenvalue weighted by molar-refractivity contribution is 7.47. The summed E-state index contributed by atoms with van der Waals surface area (Å²) in [5.74, 6) is -1.59. The van der Waals surface area contributed by atoms with Crippen molar-refractivity contribution >= 4 is 33.6 Å². The third-order valence-electron chi connectivity index (χ3n) is 18.9. The van der Waals surface area contributed by atoms with Gasteiger partial charge in [-0.05, 0) is 148 Å². The van der Waals surface area contributed by atoms with Crippen molar-refractivity contribution in [1.29, 1.82) is 0 Å². The lowest BCUT2D eigenvalue weighted by molar-refractivity contribution is -0.161. The first-order chi connectivity index (χ1) is 56.2. The summed E-state index contributed by atoms with van der Waals surface area (Å²) in [6, 6.07) is 0. The van der Waals surface area contributed by atoms with Crippen molar-refractivity contribution in [3.8, 4) is 0 Å². The van der Waals surface area contributed by atoms with E-state index in [0.717, 1.165) is 180 Å². The van der Waals surface area contributed by atoms with E-state index in [0.29, 0.717) is 19.3 Å². The van der Waals surface area contributed by atoms with E-state index in [1.165, 1.54) is 128 Å². The van der Waals surface area contributed by atoms with E-state index in [-0.39, 0.29) is 19.3 Å². The van der Waals surface area contributed by atoms with E-state index in [1.807, 2.05) is 0 Å². The Kier molecular flexibility index (Phi) is 84.3. The number of carbonyl (C=O) groups excluding carboxylic acids is 3. The summed E-state index contributed by atoms with van der Waals surface area (Å²) in [7, 11) is -9.81. The van der Waals surface area contributed by atoms with Crippen LogP contribution in [-0.4, -0.2) is 95.9 Å². The van der Waals surface area contributed by atoms with Gasteiger partial charge in [0.2, 0.25) is 0 Å². The highest BCUT2D eigenvalue weighted by Gasteiger charge is 2.29. The van der Waals surface area contributed by atoms with Gasteiger partial charge in [0, 0.05) is 19.3 Å². The molecule has 0 heterocycles. The molecule has 0 amide bonds. The minimum absolute atomic E-state index is 0.0846. The maximum absolute atomic E-state index is 13.0. The highest BCUT2D eigenvalue weighted by Crippen LogP contribution is 2.45. The summed E-state index contributed by atoms with van der Waals surface area (Å²) in [6.45, 7) is 2.36. The first-order valence-electron chi connectivity index (χ1n) is 45.4. The average molecular weight is 1650 g/mol. The van der Waals surface area contributed by atoms with Gasteiger partial charge in [-0.25, -0.2) is 9.13 Å². The van der Waals surface area contributed by atoms with E-state index in [9.17, 15) is 43.5 Å². The van der Waals surface area contributed by atoms with Gasteiger partial charge in [-0.3, -0.25) is 32.5 Å². The molecule has 0 spiro atoms. The van der Waals surface area contributed by atoms with Crippen LogP contribution in [0.15, 0.2) is 170 Å². The number of unbranched alkanes of at least 4 members (excludes halogenated alkanes) is 34. The second-order valence-corrected chi connectivity index (χ2v) is 32.9. The molecule has 0 radical (unpaired) electrons. The van der Waals surface area contributed by atoms with E-state index < -0.39 is 91.5 Å². The maximum Gasteiger partial charge on any atom is 0.472 e. The van der Waals surface area contributed by atoms with Gasteiger partial charge in [-0.2, -0.15) is 0 Å². The standard InChI is InChI=1S/C97H164O16P2/c1-4-7-10-13-16-19-22-25-28-31-34-36-38-40-42-44-45-47-49-50-52-54-57-59-62-65-68-71-74-77-80-83-95(100)107-86-92(98)87-109-114(103,104)110-88-93(99)89-111-115(105,106)112-91-94(113-97(102)85-82-79-76-73-70-67-64-61-56-33-30-27-24-21-18-15-12-9-6-3)90-108-96(101)84-81-78-75-72-69-66-63-60-58-55-53-51-48-46-43-41-39-37-35-32-29-26-23-20-17-14-11-8-5-2/h7-12,16-21,25-30,34-37,40-43,56,61,92-94,98-99H,4-6,13-15,22-24,31-33,38-39,44-55,57-60,62-91H2,1-3H3,(H,103,104)(H,105,106)/b10-7-,11-8-,12-9-,19-16-,20-17-,21-18-,28-25-,29-26-,30-27-,36-34-,37-35-,42-40-,43-41-,61-56-. The van der Waals surface area contributed by atoms with Crippen LogP contribution < -0.4 is 0 Å². The Hall–Kier alpha value is -5.09. The van der Waals surface area contributed by atoms with Crippen LogP contribution >= 0.6 is 15.6 Å². The summed E-state index contributed by atoms with van der Waals surface area (Å²) in [5.41, 5.74) is 0. The van der Waals surface area contributed by atoms with Gasteiger partial charge in [-0.15, -0.1) is 0 Å². The van der Waals surface area contributed by atoms with Crippen LogP contribution in [0, 0.1) is 0 Å². The molecule has 0 aliphatic heterocycles. The lowest BCUT2D eigenvalue weighted by atomic mass is 10.0. The van der Waals surface area contributed by atoms with E-state index in [4.69, 9.17) is 32.3 Å². The maximum atomic E-state index is 13.0. The van der Waals surface area contributed by atoms with Crippen LogP contribution in [0.4, 0.5) is 0 Å². The normalized spacial score (nSPS) is 14.6. The second kappa shape index (κ2) is 88.2. The molecule has 0 aromatic heterocycles. The predicted molar refractivity (Wildman–Crippen MR) is 482 cm³/mol. The number of aliphatic hydroxyl groups excluding tert-OH is 2. The monoisotopic (exact) mass is 1650 g/mol. The van der Waals surface area contributed by atoms with Gasteiger partial charge >= 0.3 is 33.6 Å². The molecular weight excluding hydrogens is 1480 g/mol. The van der Waals surface area contributed by atoms with Crippen LogP contribution in [0.25, 0.3) is 0 Å². The molecule has 16 nitrogen and oxygen atoms in total. The zero-order chi connectivity index (χ0) is 83.6. The lowest BCUT2D eigenvalue weighted by Crippen LogP contribution is -2.30. The molecule has 0 aliphatic carbocycles. The molecular formula is C97H164O16P2. The minimum atomic E-state index is -4.95. The number of phosphoric ester groups is 2. The topological polar surface area (TPSA) is 231 Å². The van der Waals surface area contributed by atoms with Crippen molar-refractivity contribution in [3.63, 3.8) is 0 Å². The molecule has 0 rings (SSSR count). The van der Waals surface area contributed by atoms with Gasteiger partial charge in [-0.1, -0.05) is 371 Å². The van der Waals surface area contributed by atoms with E-state index in [2.05, 4.69) is 191 Å². The minimum Gasteiger partial charge on any atom is -0.463 e. The molecule has 0 aromatic rings. The third kappa shape index (κ3) is 89.5. The summed E-state index contributed by atoms with van der Waals surface area (Å²) in [6.07, 6.45) is 114. The van der Waals surface area contributed by atoms with Gasteiger partial charge in [0.25, 0.3) is 0 Å². The fourth-order valence-electron chi connectivity index (χ4n) is 12.1. The zero-order valence-corrected chi connectivity index (χ0v) is 74.2.